The van der Waals surface area contributed by atoms with Crippen molar-refractivity contribution in [2.45, 2.75) is 13.5 Å². The van der Waals surface area contributed by atoms with Crippen LogP contribution in [0.5, 0.6) is 5.75 Å². The highest BCUT2D eigenvalue weighted by Gasteiger charge is 2.19. The summed E-state index contributed by atoms with van der Waals surface area (Å²) in [7, 11) is 0. The van der Waals surface area contributed by atoms with Crippen molar-refractivity contribution in [3.63, 3.8) is 0 Å². The van der Waals surface area contributed by atoms with Crippen molar-refractivity contribution >= 4 is 34.3 Å². The molecule has 176 valence electrons. The van der Waals surface area contributed by atoms with Crippen LogP contribution in [0.15, 0.2) is 97.1 Å². The summed E-state index contributed by atoms with van der Waals surface area (Å²) in [6.07, 6.45) is 3.16. The standard InChI is InChI=1S/C29H25NO4S/c1-2-33-29(32)25-19-26(23-11-7-4-8-12-23)35-28(25)30-27(31)18-15-21-13-16-24(17-14-21)34-20-22-9-5-3-6-10-22/h3-19H,2,20H2,1H3,(H,30,31)/b18-15+. The lowest BCUT2D eigenvalue weighted by Gasteiger charge is -2.06. The fourth-order valence-corrected chi connectivity index (χ4v) is 4.39. The number of hydrogen-bond donors (Lipinski definition) is 1. The maximum Gasteiger partial charge on any atom is 0.341 e. The van der Waals surface area contributed by atoms with Crippen molar-refractivity contribution in [2.75, 3.05) is 11.9 Å². The first kappa shape index (κ1) is 24.0. The summed E-state index contributed by atoms with van der Waals surface area (Å²) >= 11 is 1.34. The lowest BCUT2D eigenvalue weighted by Crippen LogP contribution is -2.11. The van der Waals surface area contributed by atoms with Crippen molar-refractivity contribution in [2.24, 2.45) is 0 Å². The van der Waals surface area contributed by atoms with E-state index < -0.39 is 5.97 Å². The minimum atomic E-state index is -0.462. The van der Waals surface area contributed by atoms with Crippen molar-refractivity contribution in [3.8, 4) is 16.2 Å². The largest absolute Gasteiger partial charge is 0.489 e. The van der Waals surface area contributed by atoms with Gasteiger partial charge >= 0.3 is 5.97 Å². The summed E-state index contributed by atoms with van der Waals surface area (Å²) in [4.78, 5) is 25.9. The summed E-state index contributed by atoms with van der Waals surface area (Å²) < 4.78 is 11.0. The number of ether oxygens (including phenoxy) is 2. The maximum absolute atomic E-state index is 12.6. The third kappa shape index (κ3) is 6.68. The highest BCUT2D eigenvalue weighted by molar-refractivity contribution is 7.20. The van der Waals surface area contributed by atoms with Gasteiger partial charge in [0.05, 0.1) is 12.2 Å². The van der Waals surface area contributed by atoms with Gasteiger partial charge in [-0.3, -0.25) is 4.79 Å². The van der Waals surface area contributed by atoms with E-state index in [1.165, 1.54) is 17.4 Å². The second-order valence-corrected chi connectivity index (χ2v) is 8.66. The van der Waals surface area contributed by atoms with E-state index in [9.17, 15) is 9.59 Å². The minimum absolute atomic E-state index is 0.258. The molecule has 0 aliphatic rings. The quantitative estimate of drug-likeness (QED) is 0.209. The van der Waals surface area contributed by atoms with Crippen molar-refractivity contribution < 1.29 is 19.1 Å². The molecule has 0 saturated heterocycles. The monoisotopic (exact) mass is 483 g/mol. The SMILES string of the molecule is CCOC(=O)c1cc(-c2ccccc2)sc1NC(=O)/C=C/c1ccc(OCc2ccccc2)cc1. The highest BCUT2D eigenvalue weighted by Crippen LogP contribution is 2.36. The first-order valence-electron chi connectivity index (χ1n) is 11.2. The lowest BCUT2D eigenvalue weighted by molar-refractivity contribution is -0.111. The Labute approximate surface area is 208 Å². The number of nitrogens with one attached hydrogen (secondary N) is 1. The molecule has 1 amide bonds. The molecule has 1 heterocycles. The van der Waals surface area contributed by atoms with E-state index in [1.54, 1.807) is 19.1 Å². The van der Waals surface area contributed by atoms with E-state index in [2.05, 4.69) is 5.32 Å². The Balaban J connectivity index is 1.41. The van der Waals surface area contributed by atoms with Gasteiger partial charge in [0.15, 0.2) is 0 Å². The molecule has 0 atom stereocenters. The van der Waals surface area contributed by atoms with E-state index >= 15 is 0 Å². The molecule has 6 heteroatoms. The van der Waals surface area contributed by atoms with Gasteiger partial charge in [0.1, 0.15) is 17.4 Å². The average Bonchev–Trinajstić information content (AvgIpc) is 3.32. The maximum atomic E-state index is 12.6. The molecule has 5 nitrogen and oxygen atoms in total. The molecular weight excluding hydrogens is 458 g/mol. The van der Waals surface area contributed by atoms with E-state index in [4.69, 9.17) is 9.47 Å². The zero-order chi connectivity index (χ0) is 24.5. The molecule has 0 aliphatic carbocycles. The minimum Gasteiger partial charge on any atom is -0.489 e. The number of rotatable bonds is 9. The molecule has 0 fully saturated rings. The fourth-order valence-electron chi connectivity index (χ4n) is 3.33. The molecule has 0 unspecified atom stereocenters. The summed E-state index contributed by atoms with van der Waals surface area (Å²) in [5.41, 5.74) is 3.26. The van der Waals surface area contributed by atoms with E-state index in [-0.39, 0.29) is 12.5 Å². The van der Waals surface area contributed by atoms with Gasteiger partial charge in [0, 0.05) is 11.0 Å². The molecule has 4 rings (SSSR count). The van der Waals surface area contributed by atoms with Crippen molar-refractivity contribution in [3.05, 3.63) is 114 Å². The topological polar surface area (TPSA) is 64.6 Å². The molecule has 1 N–H and O–H groups in total. The first-order valence-corrected chi connectivity index (χ1v) is 12.1. The van der Waals surface area contributed by atoms with Crippen LogP contribution in [0.3, 0.4) is 0 Å². The van der Waals surface area contributed by atoms with Crippen LogP contribution in [0, 0.1) is 0 Å². The van der Waals surface area contributed by atoms with Crippen LogP contribution in [0.25, 0.3) is 16.5 Å². The smallest absolute Gasteiger partial charge is 0.341 e. The van der Waals surface area contributed by atoms with E-state index in [1.807, 2.05) is 84.9 Å². The fraction of sp³-hybridized carbons (Fsp3) is 0.103. The molecule has 0 saturated carbocycles. The Morgan fingerprint density at radius 3 is 2.29 bits per heavy atom. The van der Waals surface area contributed by atoms with Crippen LogP contribution < -0.4 is 10.1 Å². The molecule has 3 aromatic carbocycles. The third-order valence-corrected chi connectivity index (χ3v) is 6.18. The molecular formula is C29H25NO4S. The molecule has 35 heavy (non-hydrogen) atoms. The van der Waals surface area contributed by atoms with Gasteiger partial charge in [-0.05, 0) is 47.9 Å². The van der Waals surface area contributed by atoms with Crippen LogP contribution in [-0.2, 0) is 16.1 Å². The van der Waals surface area contributed by atoms with Gasteiger partial charge in [0.2, 0.25) is 5.91 Å². The Morgan fingerprint density at radius 1 is 0.914 bits per heavy atom. The number of hydrogen-bond acceptors (Lipinski definition) is 5. The van der Waals surface area contributed by atoms with Crippen LogP contribution in [0.4, 0.5) is 5.00 Å². The van der Waals surface area contributed by atoms with Crippen molar-refractivity contribution in [1.82, 2.24) is 0 Å². The van der Waals surface area contributed by atoms with Crippen LogP contribution in [0.1, 0.15) is 28.4 Å². The van der Waals surface area contributed by atoms with Crippen LogP contribution in [-0.4, -0.2) is 18.5 Å². The zero-order valence-corrected chi connectivity index (χ0v) is 20.1. The normalized spacial score (nSPS) is 10.8. The Hall–Kier alpha value is -4.16. The Bertz CT molecular complexity index is 1300. The summed E-state index contributed by atoms with van der Waals surface area (Å²) in [5.74, 6) is -0.0423. The summed E-state index contributed by atoms with van der Waals surface area (Å²) in [6, 6.07) is 28.9. The molecule has 0 bridgehead atoms. The average molecular weight is 484 g/mol. The van der Waals surface area contributed by atoms with Crippen LogP contribution >= 0.6 is 11.3 Å². The first-order chi connectivity index (χ1) is 17.1. The van der Waals surface area contributed by atoms with Gasteiger partial charge in [-0.15, -0.1) is 11.3 Å². The number of anilines is 1. The number of amides is 1. The van der Waals surface area contributed by atoms with Gasteiger partial charge in [0.25, 0.3) is 0 Å². The van der Waals surface area contributed by atoms with Gasteiger partial charge in [-0.1, -0.05) is 72.8 Å². The lowest BCUT2D eigenvalue weighted by atomic mass is 10.1. The third-order valence-electron chi connectivity index (χ3n) is 5.08. The number of esters is 1. The predicted molar refractivity (Wildman–Crippen MR) is 141 cm³/mol. The highest BCUT2D eigenvalue weighted by atomic mass is 32.1. The second-order valence-electron chi connectivity index (χ2n) is 7.61. The summed E-state index contributed by atoms with van der Waals surface area (Å²) in [6.45, 7) is 2.50. The van der Waals surface area contributed by atoms with Gasteiger partial charge in [-0.25, -0.2) is 4.79 Å². The van der Waals surface area contributed by atoms with Crippen LogP contribution in [0.2, 0.25) is 0 Å². The van der Waals surface area contributed by atoms with Crippen molar-refractivity contribution in [1.29, 1.82) is 0 Å². The van der Waals surface area contributed by atoms with E-state index in [0.717, 1.165) is 27.3 Å². The molecule has 0 radical (unpaired) electrons. The Morgan fingerprint density at radius 2 is 1.60 bits per heavy atom. The predicted octanol–water partition coefficient (Wildman–Crippen LogP) is 6.82. The van der Waals surface area contributed by atoms with E-state index in [0.29, 0.717) is 17.2 Å². The second kappa shape index (κ2) is 11.8. The summed E-state index contributed by atoms with van der Waals surface area (Å²) in [5, 5.41) is 3.29. The zero-order valence-electron chi connectivity index (χ0n) is 19.3. The molecule has 1 aromatic heterocycles. The van der Waals surface area contributed by atoms with Gasteiger partial charge < -0.3 is 14.8 Å². The molecule has 0 spiro atoms. The Kier molecular flexibility index (Phi) is 8.09. The molecule has 0 aliphatic heterocycles. The number of thiophene rings is 1. The number of benzene rings is 3. The molecule has 4 aromatic rings. The number of carbonyl (C=O) groups is 2. The van der Waals surface area contributed by atoms with Gasteiger partial charge in [-0.2, -0.15) is 0 Å². The number of carbonyl (C=O) groups excluding carboxylic acids is 2.